The van der Waals surface area contributed by atoms with Crippen molar-refractivity contribution in [3.05, 3.63) is 72.2 Å². The summed E-state index contributed by atoms with van der Waals surface area (Å²) in [6, 6.07) is 16.4. The molecule has 0 radical (unpaired) electrons. The van der Waals surface area contributed by atoms with Crippen LogP contribution >= 0.6 is 0 Å². The Morgan fingerprint density at radius 1 is 1.05 bits per heavy atom. The van der Waals surface area contributed by atoms with Crippen molar-refractivity contribution in [3.8, 4) is 17.1 Å². The Balaban J connectivity index is 1.87. The van der Waals surface area contributed by atoms with Crippen molar-refractivity contribution < 1.29 is 13.9 Å². The fraction of sp³-hybridized carbons (Fsp3) is 0.0588. The van der Waals surface area contributed by atoms with Gasteiger partial charge in [-0.25, -0.2) is 4.98 Å². The van der Waals surface area contributed by atoms with Crippen LogP contribution < -0.4 is 4.74 Å². The summed E-state index contributed by atoms with van der Waals surface area (Å²) in [6.07, 6.45) is 1.56. The molecule has 0 unspecified atom stereocenters. The number of nitrogens with zero attached hydrogens (tertiary/aromatic N) is 1. The van der Waals surface area contributed by atoms with Crippen LogP contribution in [0.1, 0.15) is 16.2 Å². The third kappa shape index (κ3) is 2.69. The second-order valence-corrected chi connectivity index (χ2v) is 4.45. The van der Waals surface area contributed by atoms with Crippen LogP contribution in [0.25, 0.3) is 11.3 Å². The highest BCUT2D eigenvalue weighted by atomic mass is 16.5. The Morgan fingerprint density at radius 2 is 1.76 bits per heavy atom. The fourth-order valence-electron chi connectivity index (χ4n) is 1.98. The van der Waals surface area contributed by atoms with Gasteiger partial charge in [0.15, 0.2) is 5.76 Å². The van der Waals surface area contributed by atoms with Gasteiger partial charge in [0.1, 0.15) is 5.75 Å². The van der Waals surface area contributed by atoms with Crippen LogP contribution in [-0.2, 0) is 0 Å². The number of ketones is 1. The number of ether oxygens (including phenoxy) is 1. The summed E-state index contributed by atoms with van der Waals surface area (Å²) in [5.74, 6) is 1.11. The zero-order valence-corrected chi connectivity index (χ0v) is 11.4. The van der Waals surface area contributed by atoms with E-state index < -0.39 is 0 Å². The van der Waals surface area contributed by atoms with E-state index in [1.54, 1.807) is 37.6 Å². The molecule has 2 aromatic carbocycles. The Morgan fingerprint density at radius 3 is 2.43 bits per heavy atom. The van der Waals surface area contributed by atoms with Crippen molar-refractivity contribution in [2.24, 2.45) is 0 Å². The normalized spacial score (nSPS) is 10.3. The Labute approximate surface area is 122 Å². The van der Waals surface area contributed by atoms with Crippen LogP contribution in [0.15, 0.2) is 65.2 Å². The maximum Gasteiger partial charge on any atom is 0.268 e. The zero-order valence-electron chi connectivity index (χ0n) is 11.4. The Bertz CT molecular complexity index is 745. The van der Waals surface area contributed by atoms with E-state index in [2.05, 4.69) is 4.98 Å². The zero-order chi connectivity index (χ0) is 14.7. The number of oxazole rings is 1. The summed E-state index contributed by atoms with van der Waals surface area (Å²) < 4.78 is 10.6. The molecule has 3 aromatic rings. The standard InChI is InChI=1S/C17H13NO3/c1-20-14-9-7-13(8-10-14)16(19)17-18-11-15(21-17)12-5-3-2-4-6-12/h2-11H,1H3. The van der Waals surface area contributed by atoms with Gasteiger partial charge in [0.05, 0.1) is 13.3 Å². The van der Waals surface area contributed by atoms with Gasteiger partial charge in [-0.15, -0.1) is 0 Å². The van der Waals surface area contributed by atoms with E-state index >= 15 is 0 Å². The van der Waals surface area contributed by atoms with Crippen LogP contribution in [-0.4, -0.2) is 17.9 Å². The predicted octanol–water partition coefficient (Wildman–Crippen LogP) is 3.58. The highest BCUT2D eigenvalue weighted by Gasteiger charge is 2.16. The second kappa shape index (κ2) is 5.63. The molecule has 3 rings (SSSR count). The molecular weight excluding hydrogens is 266 g/mol. The lowest BCUT2D eigenvalue weighted by Crippen LogP contribution is -2.01. The molecule has 0 aliphatic heterocycles. The molecule has 0 bridgehead atoms. The summed E-state index contributed by atoms with van der Waals surface area (Å²) in [6.45, 7) is 0. The highest BCUT2D eigenvalue weighted by molar-refractivity contribution is 6.06. The number of hydrogen-bond acceptors (Lipinski definition) is 4. The molecule has 1 heterocycles. The number of hydrogen-bond donors (Lipinski definition) is 0. The van der Waals surface area contributed by atoms with Gasteiger partial charge in [-0.05, 0) is 24.3 Å². The average molecular weight is 279 g/mol. The molecule has 4 nitrogen and oxygen atoms in total. The SMILES string of the molecule is COc1ccc(C(=O)c2ncc(-c3ccccc3)o2)cc1. The highest BCUT2D eigenvalue weighted by Crippen LogP contribution is 2.21. The van der Waals surface area contributed by atoms with E-state index in [4.69, 9.17) is 9.15 Å². The van der Waals surface area contributed by atoms with Crippen molar-refractivity contribution in [3.63, 3.8) is 0 Å². The number of aromatic nitrogens is 1. The average Bonchev–Trinajstić information content (AvgIpc) is 3.05. The minimum absolute atomic E-state index is 0.0824. The van der Waals surface area contributed by atoms with Crippen molar-refractivity contribution in [1.82, 2.24) is 4.98 Å². The molecule has 104 valence electrons. The van der Waals surface area contributed by atoms with E-state index in [1.807, 2.05) is 30.3 Å². The number of benzene rings is 2. The second-order valence-electron chi connectivity index (χ2n) is 4.45. The fourth-order valence-corrected chi connectivity index (χ4v) is 1.98. The van der Waals surface area contributed by atoms with Gasteiger partial charge in [0.2, 0.25) is 5.78 Å². The molecule has 4 heteroatoms. The lowest BCUT2D eigenvalue weighted by molar-refractivity contribution is 0.100. The van der Waals surface area contributed by atoms with Gasteiger partial charge >= 0.3 is 0 Å². The minimum atomic E-state index is -0.250. The summed E-state index contributed by atoms with van der Waals surface area (Å²) in [5.41, 5.74) is 1.40. The van der Waals surface area contributed by atoms with E-state index in [1.165, 1.54) is 0 Å². The van der Waals surface area contributed by atoms with E-state index in [-0.39, 0.29) is 11.7 Å². The predicted molar refractivity (Wildman–Crippen MR) is 78.4 cm³/mol. The van der Waals surface area contributed by atoms with Crippen LogP contribution in [0, 0.1) is 0 Å². The van der Waals surface area contributed by atoms with Crippen molar-refractivity contribution >= 4 is 5.78 Å². The molecule has 1 aromatic heterocycles. The van der Waals surface area contributed by atoms with Crippen LogP contribution in [0.5, 0.6) is 5.75 Å². The topological polar surface area (TPSA) is 52.3 Å². The van der Waals surface area contributed by atoms with Crippen LogP contribution in [0.3, 0.4) is 0 Å². The summed E-state index contributed by atoms with van der Waals surface area (Å²) in [5, 5.41) is 0. The third-order valence-electron chi connectivity index (χ3n) is 3.11. The first-order valence-electron chi connectivity index (χ1n) is 6.48. The summed E-state index contributed by atoms with van der Waals surface area (Å²) >= 11 is 0. The van der Waals surface area contributed by atoms with E-state index in [9.17, 15) is 4.79 Å². The molecule has 0 fully saturated rings. The first-order chi connectivity index (χ1) is 10.3. The number of carbonyl (C=O) groups excluding carboxylic acids is 1. The third-order valence-corrected chi connectivity index (χ3v) is 3.11. The Kier molecular flexibility index (Phi) is 3.51. The molecular formula is C17H13NO3. The molecule has 0 saturated heterocycles. The van der Waals surface area contributed by atoms with Gasteiger partial charge in [0.25, 0.3) is 5.89 Å². The lowest BCUT2D eigenvalue weighted by atomic mass is 10.1. The van der Waals surface area contributed by atoms with Crippen LogP contribution in [0.4, 0.5) is 0 Å². The van der Waals surface area contributed by atoms with Crippen LogP contribution in [0.2, 0.25) is 0 Å². The molecule has 0 saturated carbocycles. The molecule has 21 heavy (non-hydrogen) atoms. The lowest BCUT2D eigenvalue weighted by Gasteiger charge is -2.00. The maximum atomic E-state index is 12.3. The monoisotopic (exact) mass is 279 g/mol. The first kappa shape index (κ1) is 13.1. The first-order valence-corrected chi connectivity index (χ1v) is 6.48. The van der Waals surface area contributed by atoms with Gasteiger partial charge in [0, 0.05) is 11.1 Å². The minimum Gasteiger partial charge on any atom is -0.497 e. The van der Waals surface area contributed by atoms with Crippen molar-refractivity contribution in [2.45, 2.75) is 0 Å². The molecule has 0 aliphatic carbocycles. The number of rotatable bonds is 4. The van der Waals surface area contributed by atoms with Gasteiger partial charge in [-0.2, -0.15) is 0 Å². The number of carbonyl (C=O) groups is 1. The van der Waals surface area contributed by atoms with E-state index in [0.717, 1.165) is 5.56 Å². The van der Waals surface area contributed by atoms with Gasteiger partial charge in [-0.3, -0.25) is 4.79 Å². The molecule has 0 N–H and O–H groups in total. The summed E-state index contributed by atoms with van der Waals surface area (Å²) in [4.78, 5) is 16.4. The van der Waals surface area contributed by atoms with Gasteiger partial charge in [-0.1, -0.05) is 30.3 Å². The number of methoxy groups -OCH3 is 1. The smallest absolute Gasteiger partial charge is 0.268 e. The molecule has 0 spiro atoms. The largest absolute Gasteiger partial charge is 0.497 e. The molecule has 0 amide bonds. The van der Waals surface area contributed by atoms with E-state index in [0.29, 0.717) is 17.1 Å². The quantitative estimate of drug-likeness (QED) is 0.685. The van der Waals surface area contributed by atoms with Gasteiger partial charge < -0.3 is 9.15 Å². The summed E-state index contributed by atoms with van der Waals surface area (Å²) in [7, 11) is 1.58. The van der Waals surface area contributed by atoms with Crippen molar-refractivity contribution in [2.75, 3.05) is 7.11 Å². The molecule has 0 atom stereocenters. The maximum absolute atomic E-state index is 12.3. The molecule has 0 aliphatic rings. The Hall–Kier alpha value is -2.88. The van der Waals surface area contributed by atoms with Crippen molar-refractivity contribution in [1.29, 1.82) is 0 Å².